The Morgan fingerprint density at radius 3 is 2.85 bits per heavy atom. The largest absolute Gasteiger partial charge is 0.380 e. The van der Waals surface area contributed by atoms with Crippen molar-refractivity contribution in [1.29, 1.82) is 0 Å². The van der Waals surface area contributed by atoms with Crippen LogP contribution in [0.15, 0.2) is 24.3 Å². The van der Waals surface area contributed by atoms with Gasteiger partial charge >= 0.3 is 0 Å². The molecule has 0 atom stereocenters. The van der Waals surface area contributed by atoms with E-state index in [0.717, 1.165) is 38.0 Å². The summed E-state index contributed by atoms with van der Waals surface area (Å²) in [5, 5.41) is 6.43. The van der Waals surface area contributed by atoms with Gasteiger partial charge in [0.25, 0.3) is 5.91 Å². The van der Waals surface area contributed by atoms with Crippen LogP contribution < -0.4 is 10.6 Å². The first kappa shape index (κ1) is 15.0. The molecule has 1 fully saturated rings. The maximum absolute atomic E-state index is 12.2. The average Bonchev–Trinajstić information content (AvgIpc) is 2.46. The van der Waals surface area contributed by atoms with Crippen molar-refractivity contribution in [3.8, 4) is 0 Å². The van der Waals surface area contributed by atoms with Crippen molar-refractivity contribution in [2.24, 2.45) is 5.41 Å². The minimum atomic E-state index is 0.00251. The number of nitrogens with one attached hydrogen (secondary N) is 2. The number of carbonyl (C=O) groups is 1. The molecule has 0 aliphatic carbocycles. The Kier molecular flexibility index (Phi) is 5.15. The summed E-state index contributed by atoms with van der Waals surface area (Å²) in [6.07, 6.45) is 2.22. The van der Waals surface area contributed by atoms with Crippen LogP contribution in [0.2, 0.25) is 0 Å². The number of rotatable bonds is 5. The second-order valence-electron chi connectivity index (χ2n) is 5.88. The zero-order chi connectivity index (χ0) is 14.4. The summed E-state index contributed by atoms with van der Waals surface area (Å²) in [6, 6.07) is 7.60. The summed E-state index contributed by atoms with van der Waals surface area (Å²) in [5.74, 6) is 0.00251. The van der Waals surface area contributed by atoms with Crippen molar-refractivity contribution in [3.63, 3.8) is 0 Å². The van der Waals surface area contributed by atoms with E-state index in [0.29, 0.717) is 12.2 Å². The lowest BCUT2D eigenvalue weighted by atomic mass is 9.81. The normalized spacial score (nSPS) is 17.7. The fraction of sp³-hybridized carbons (Fsp3) is 0.562. The van der Waals surface area contributed by atoms with Crippen molar-refractivity contribution in [1.82, 2.24) is 10.6 Å². The van der Waals surface area contributed by atoms with Gasteiger partial charge in [0, 0.05) is 19.2 Å². The number of methoxy groups -OCH3 is 1. The number of ether oxygens (including phenoxy) is 1. The summed E-state index contributed by atoms with van der Waals surface area (Å²) in [4.78, 5) is 12.2. The molecule has 0 radical (unpaired) electrons. The van der Waals surface area contributed by atoms with Crippen molar-refractivity contribution in [2.75, 3.05) is 26.7 Å². The van der Waals surface area contributed by atoms with Crippen LogP contribution >= 0.6 is 0 Å². The van der Waals surface area contributed by atoms with Gasteiger partial charge in [0.05, 0.1) is 6.61 Å². The topological polar surface area (TPSA) is 50.4 Å². The molecule has 1 aromatic rings. The van der Waals surface area contributed by atoms with Gasteiger partial charge in [-0.2, -0.15) is 0 Å². The van der Waals surface area contributed by atoms with Crippen LogP contribution in [0.4, 0.5) is 0 Å². The smallest absolute Gasteiger partial charge is 0.251 e. The van der Waals surface area contributed by atoms with E-state index in [-0.39, 0.29) is 11.3 Å². The molecular formula is C16H24N2O2. The van der Waals surface area contributed by atoms with Gasteiger partial charge < -0.3 is 15.4 Å². The van der Waals surface area contributed by atoms with E-state index in [1.54, 1.807) is 7.11 Å². The molecule has 110 valence electrons. The van der Waals surface area contributed by atoms with Gasteiger partial charge in [0.2, 0.25) is 0 Å². The Morgan fingerprint density at radius 2 is 2.15 bits per heavy atom. The first-order valence-corrected chi connectivity index (χ1v) is 7.20. The number of hydrogen-bond acceptors (Lipinski definition) is 3. The zero-order valence-corrected chi connectivity index (χ0v) is 12.4. The van der Waals surface area contributed by atoms with E-state index in [9.17, 15) is 4.79 Å². The number of amides is 1. The third kappa shape index (κ3) is 4.05. The number of piperidine rings is 1. The van der Waals surface area contributed by atoms with Crippen LogP contribution in [-0.2, 0) is 11.3 Å². The molecule has 1 aliphatic heterocycles. The molecule has 1 amide bonds. The van der Waals surface area contributed by atoms with Gasteiger partial charge in [0.15, 0.2) is 0 Å². The molecule has 1 saturated heterocycles. The minimum Gasteiger partial charge on any atom is -0.380 e. The average molecular weight is 276 g/mol. The summed E-state index contributed by atoms with van der Waals surface area (Å²) in [5.41, 5.74) is 1.94. The standard InChI is InChI=1S/C16H24N2O2/c1-16(6-8-17-9-7-16)12-18-15(19)14-5-3-4-13(10-14)11-20-2/h3-5,10,17H,6-9,11-12H2,1-2H3,(H,18,19). The van der Waals surface area contributed by atoms with Crippen LogP contribution in [0.1, 0.15) is 35.7 Å². The third-order valence-corrected chi connectivity index (χ3v) is 3.99. The molecule has 1 aromatic carbocycles. The number of carbonyl (C=O) groups excluding carboxylic acids is 1. The molecule has 0 aromatic heterocycles. The van der Waals surface area contributed by atoms with Gasteiger partial charge in [-0.25, -0.2) is 0 Å². The third-order valence-electron chi connectivity index (χ3n) is 3.99. The van der Waals surface area contributed by atoms with Gasteiger partial charge in [-0.1, -0.05) is 19.1 Å². The second kappa shape index (κ2) is 6.86. The minimum absolute atomic E-state index is 0.00251. The predicted octanol–water partition coefficient (Wildman–Crippen LogP) is 1.95. The molecular weight excluding hydrogens is 252 g/mol. The molecule has 20 heavy (non-hydrogen) atoms. The van der Waals surface area contributed by atoms with Crippen LogP contribution in [0.3, 0.4) is 0 Å². The van der Waals surface area contributed by atoms with Crippen LogP contribution in [0.25, 0.3) is 0 Å². The molecule has 2 N–H and O–H groups in total. The van der Waals surface area contributed by atoms with E-state index in [1.165, 1.54) is 0 Å². The highest BCUT2D eigenvalue weighted by molar-refractivity contribution is 5.94. The Bertz CT molecular complexity index is 454. The highest BCUT2D eigenvalue weighted by Gasteiger charge is 2.27. The first-order valence-electron chi connectivity index (χ1n) is 7.20. The quantitative estimate of drug-likeness (QED) is 0.864. The maximum Gasteiger partial charge on any atom is 0.251 e. The summed E-state index contributed by atoms with van der Waals surface area (Å²) >= 11 is 0. The van der Waals surface area contributed by atoms with Crippen molar-refractivity contribution in [2.45, 2.75) is 26.4 Å². The monoisotopic (exact) mass is 276 g/mol. The van der Waals surface area contributed by atoms with E-state index >= 15 is 0 Å². The fourth-order valence-electron chi connectivity index (χ4n) is 2.57. The fourth-order valence-corrected chi connectivity index (χ4v) is 2.57. The van der Waals surface area contributed by atoms with Gasteiger partial charge in [0.1, 0.15) is 0 Å². The molecule has 4 nitrogen and oxygen atoms in total. The van der Waals surface area contributed by atoms with Gasteiger partial charge in [-0.15, -0.1) is 0 Å². The Labute approximate surface area is 120 Å². The van der Waals surface area contributed by atoms with Crippen LogP contribution in [-0.4, -0.2) is 32.7 Å². The Morgan fingerprint density at radius 1 is 1.40 bits per heavy atom. The lowest BCUT2D eigenvalue weighted by Crippen LogP contribution is -2.42. The Balaban J connectivity index is 1.92. The molecule has 0 bridgehead atoms. The van der Waals surface area contributed by atoms with Crippen LogP contribution in [0, 0.1) is 5.41 Å². The molecule has 1 heterocycles. The molecule has 4 heteroatoms. The Hall–Kier alpha value is -1.39. The summed E-state index contributed by atoms with van der Waals surface area (Å²) < 4.78 is 5.10. The van der Waals surface area contributed by atoms with E-state index < -0.39 is 0 Å². The van der Waals surface area contributed by atoms with Crippen molar-refractivity contribution < 1.29 is 9.53 Å². The number of hydrogen-bond donors (Lipinski definition) is 2. The second-order valence-corrected chi connectivity index (χ2v) is 5.88. The SMILES string of the molecule is COCc1cccc(C(=O)NCC2(C)CCNCC2)c1. The molecule has 2 rings (SSSR count). The molecule has 0 unspecified atom stereocenters. The predicted molar refractivity (Wildman–Crippen MR) is 79.7 cm³/mol. The van der Waals surface area contributed by atoms with Crippen molar-refractivity contribution >= 4 is 5.91 Å². The maximum atomic E-state index is 12.2. The lowest BCUT2D eigenvalue weighted by Gasteiger charge is -2.34. The van der Waals surface area contributed by atoms with Crippen molar-refractivity contribution in [3.05, 3.63) is 35.4 Å². The van der Waals surface area contributed by atoms with Crippen LogP contribution in [0.5, 0.6) is 0 Å². The molecule has 0 saturated carbocycles. The lowest BCUT2D eigenvalue weighted by molar-refractivity contribution is 0.0922. The molecule has 0 spiro atoms. The highest BCUT2D eigenvalue weighted by Crippen LogP contribution is 2.26. The van der Waals surface area contributed by atoms with Gasteiger partial charge in [-0.05, 0) is 49.0 Å². The van der Waals surface area contributed by atoms with E-state index in [4.69, 9.17) is 4.74 Å². The highest BCUT2D eigenvalue weighted by atomic mass is 16.5. The number of benzene rings is 1. The summed E-state index contributed by atoms with van der Waals surface area (Å²) in [7, 11) is 1.66. The first-order chi connectivity index (χ1) is 9.63. The zero-order valence-electron chi connectivity index (χ0n) is 12.4. The van der Waals surface area contributed by atoms with Gasteiger partial charge in [-0.3, -0.25) is 4.79 Å². The van der Waals surface area contributed by atoms with E-state index in [1.807, 2.05) is 24.3 Å². The summed E-state index contributed by atoms with van der Waals surface area (Å²) in [6.45, 7) is 5.59. The molecule has 1 aliphatic rings. The van der Waals surface area contributed by atoms with E-state index in [2.05, 4.69) is 17.6 Å².